The molecular formula is C16H14F3NO3S. The Hall–Kier alpha value is -2.35. The van der Waals surface area contributed by atoms with E-state index >= 15 is 0 Å². The van der Waals surface area contributed by atoms with E-state index in [0.717, 1.165) is 11.1 Å². The van der Waals surface area contributed by atoms with Gasteiger partial charge >= 0.3 is 16.3 Å². The van der Waals surface area contributed by atoms with Crippen LogP contribution in [0.4, 0.5) is 13.2 Å². The fourth-order valence-corrected chi connectivity index (χ4v) is 2.20. The van der Waals surface area contributed by atoms with Gasteiger partial charge in [0, 0.05) is 5.56 Å². The molecule has 128 valence electrons. The van der Waals surface area contributed by atoms with Crippen LogP contribution in [0.2, 0.25) is 0 Å². The molecule has 2 aromatic carbocycles. The summed E-state index contributed by atoms with van der Waals surface area (Å²) in [4.78, 5) is 0. The number of rotatable bonds is 5. The normalized spacial score (nSPS) is 12.9. The van der Waals surface area contributed by atoms with Gasteiger partial charge in [0.2, 0.25) is 0 Å². The van der Waals surface area contributed by atoms with Crippen molar-refractivity contribution in [1.82, 2.24) is 0 Å². The number of hydrogen-bond acceptors (Lipinski definition) is 4. The number of benzene rings is 2. The van der Waals surface area contributed by atoms with Crippen LogP contribution in [0.3, 0.4) is 0 Å². The first kappa shape index (κ1) is 18.0. The van der Waals surface area contributed by atoms with Crippen LogP contribution < -0.4 is 0 Å². The predicted molar refractivity (Wildman–Crippen MR) is 84.2 cm³/mol. The summed E-state index contributed by atoms with van der Waals surface area (Å²) in [6, 6.07) is 15.0. The topological polar surface area (TPSA) is 55.7 Å². The van der Waals surface area contributed by atoms with E-state index in [-0.39, 0.29) is 5.56 Å². The summed E-state index contributed by atoms with van der Waals surface area (Å²) in [5, 5.41) is 2.75. The molecule has 0 fully saturated rings. The number of hydrogen-bond donors (Lipinski definition) is 0. The molecule has 0 amide bonds. The van der Waals surface area contributed by atoms with Crippen molar-refractivity contribution >= 4 is 15.8 Å². The minimum absolute atomic E-state index is 0.275. The van der Waals surface area contributed by atoms with Gasteiger partial charge in [0.05, 0.1) is 6.26 Å². The maximum atomic E-state index is 13.0. The molecule has 2 aromatic rings. The molecule has 0 N–H and O–H groups in total. The summed E-state index contributed by atoms with van der Waals surface area (Å²) in [6.45, 7) is 0. The minimum Gasteiger partial charge on any atom is -0.268 e. The molecule has 8 heteroatoms. The Kier molecular flexibility index (Phi) is 5.28. The second kappa shape index (κ2) is 7.04. The van der Waals surface area contributed by atoms with E-state index in [2.05, 4.69) is 9.44 Å². The van der Waals surface area contributed by atoms with Crippen molar-refractivity contribution in [3.8, 4) is 0 Å². The third-order valence-corrected chi connectivity index (χ3v) is 3.36. The highest BCUT2D eigenvalue weighted by atomic mass is 32.2. The highest BCUT2D eigenvalue weighted by Crippen LogP contribution is 2.24. The standard InChI is InChI=1S/C16H14F3NO3S/c1-24(21,22)23-20-15(16(17,18)19)14-9-7-13(8-10-14)11-12-5-3-2-4-6-12/h2-10H,11H2,1H3/b20-15-. The van der Waals surface area contributed by atoms with Crippen LogP contribution in [-0.4, -0.2) is 26.6 Å². The Balaban J connectivity index is 2.25. The van der Waals surface area contributed by atoms with Gasteiger partial charge in [0.15, 0.2) is 5.71 Å². The number of oxime groups is 1. The number of nitrogens with zero attached hydrogens (tertiary/aromatic N) is 1. The van der Waals surface area contributed by atoms with Crippen molar-refractivity contribution in [2.75, 3.05) is 6.26 Å². The van der Waals surface area contributed by atoms with E-state index in [4.69, 9.17) is 0 Å². The van der Waals surface area contributed by atoms with E-state index in [1.54, 1.807) is 0 Å². The molecule has 0 radical (unpaired) electrons. The molecule has 2 rings (SSSR count). The Labute approximate surface area is 137 Å². The van der Waals surface area contributed by atoms with Crippen molar-refractivity contribution in [3.63, 3.8) is 0 Å². The molecule has 0 aromatic heterocycles. The molecule has 24 heavy (non-hydrogen) atoms. The third kappa shape index (κ3) is 5.38. The van der Waals surface area contributed by atoms with Crippen LogP contribution in [0.5, 0.6) is 0 Å². The molecule has 0 aliphatic heterocycles. The first-order valence-corrected chi connectivity index (χ1v) is 8.64. The van der Waals surface area contributed by atoms with Gasteiger partial charge in [-0.25, -0.2) is 0 Å². The largest absolute Gasteiger partial charge is 0.437 e. The zero-order valence-electron chi connectivity index (χ0n) is 12.6. The molecule has 4 nitrogen and oxygen atoms in total. The first-order valence-electron chi connectivity index (χ1n) is 6.82. The molecule has 0 unspecified atom stereocenters. The van der Waals surface area contributed by atoms with Crippen LogP contribution in [0.1, 0.15) is 16.7 Å². The molecule has 0 aliphatic rings. The first-order chi connectivity index (χ1) is 11.1. The summed E-state index contributed by atoms with van der Waals surface area (Å²) in [5.74, 6) is 0. The van der Waals surface area contributed by atoms with Gasteiger partial charge in [-0.05, 0) is 17.5 Å². The summed E-state index contributed by atoms with van der Waals surface area (Å²) in [7, 11) is -4.12. The van der Waals surface area contributed by atoms with Crippen molar-refractivity contribution in [3.05, 3.63) is 71.3 Å². The minimum atomic E-state index is -4.84. The van der Waals surface area contributed by atoms with E-state index < -0.39 is 22.0 Å². The Morgan fingerprint density at radius 1 is 1.00 bits per heavy atom. The molecule has 0 bridgehead atoms. The van der Waals surface area contributed by atoms with Crippen LogP contribution in [0, 0.1) is 0 Å². The molecular weight excluding hydrogens is 343 g/mol. The summed E-state index contributed by atoms with van der Waals surface area (Å²) >= 11 is 0. The van der Waals surface area contributed by atoms with Crippen molar-refractivity contribution in [2.24, 2.45) is 5.16 Å². The highest BCUT2D eigenvalue weighted by Gasteiger charge is 2.38. The Morgan fingerprint density at radius 3 is 2.04 bits per heavy atom. The van der Waals surface area contributed by atoms with Gasteiger partial charge in [-0.3, -0.25) is 4.28 Å². The third-order valence-electron chi connectivity index (χ3n) is 3.01. The summed E-state index contributed by atoms with van der Waals surface area (Å²) in [6.07, 6.45) is -3.65. The maximum absolute atomic E-state index is 13.0. The zero-order chi connectivity index (χ0) is 17.8. The van der Waals surface area contributed by atoms with Crippen LogP contribution in [0.25, 0.3) is 0 Å². The Morgan fingerprint density at radius 2 is 1.54 bits per heavy atom. The van der Waals surface area contributed by atoms with Crippen LogP contribution in [-0.2, 0) is 20.8 Å². The zero-order valence-corrected chi connectivity index (χ0v) is 13.4. The van der Waals surface area contributed by atoms with E-state index in [1.807, 2.05) is 30.3 Å². The van der Waals surface area contributed by atoms with E-state index in [0.29, 0.717) is 12.7 Å². The van der Waals surface area contributed by atoms with Crippen molar-refractivity contribution in [2.45, 2.75) is 12.6 Å². The van der Waals surface area contributed by atoms with Crippen molar-refractivity contribution < 1.29 is 25.9 Å². The summed E-state index contributed by atoms with van der Waals surface area (Å²) in [5.41, 5.74) is 0.160. The van der Waals surface area contributed by atoms with Gasteiger partial charge in [-0.2, -0.15) is 21.6 Å². The molecule has 0 saturated heterocycles. The smallest absolute Gasteiger partial charge is 0.268 e. The quantitative estimate of drug-likeness (QED) is 0.608. The average Bonchev–Trinajstić information content (AvgIpc) is 2.47. The molecule has 0 heterocycles. The number of alkyl halides is 3. The molecule has 0 aliphatic carbocycles. The predicted octanol–water partition coefficient (Wildman–Crippen LogP) is 3.52. The fourth-order valence-electron chi connectivity index (χ4n) is 1.99. The SMILES string of the molecule is CS(=O)(=O)O/N=C(/c1ccc(Cc2ccccc2)cc1)C(F)(F)F. The van der Waals surface area contributed by atoms with Crippen LogP contribution in [0.15, 0.2) is 59.8 Å². The summed E-state index contributed by atoms with van der Waals surface area (Å²) < 4.78 is 64.7. The molecule has 0 saturated carbocycles. The lowest BCUT2D eigenvalue weighted by molar-refractivity contribution is -0.0596. The lowest BCUT2D eigenvalue weighted by Gasteiger charge is -2.10. The van der Waals surface area contributed by atoms with Gasteiger partial charge in [0.25, 0.3) is 0 Å². The van der Waals surface area contributed by atoms with Gasteiger partial charge in [-0.15, -0.1) is 0 Å². The molecule has 0 atom stereocenters. The second-order valence-electron chi connectivity index (χ2n) is 5.08. The lowest BCUT2D eigenvalue weighted by atomic mass is 10.0. The number of halogens is 3. The maximum Gasteiger partial charge on any atom is 0.437 e. The van der Waals surface area contributed by atoms with Crippen molar-refractivity contribution in [1.29, 1.82) is 0 Å². The Bertz CT molecular complexity index is 814. The van der Waals surface area contributed by atoms with E-state index in [1.165, 1.54) is 24.3 Å². The molecule has 0 spiro atoms. The van der Waals surface area contributed by atoms with Gasteiger partial charge < -0.3 is 0 Å². The fraction of sp³-hybridized carbons (Fsp3) is 0.188. The van der Waals surface area contributed by atoms with Gasteiger partial charge in [0.1, 0.15) is 0 Å². The van der Waals surface area contributed by atoms with Crippen LogP contribution >= 0.6 is 0 Å². The highest BCUT2D eigenvalue weighted by molar-refractivity contribution is 7.85. The second-order valence-corrected chi connectivity index (χ2v) is 6.63. The van der Waals surface area contributed by atoms with Gasteiger partial charge in [-0.1, -0.05) is 59.8 Å². The lowest BCUT2D eigenvalue weighted by Crippen LogP contribution is -2.25. The van der Waals surface area contributed by atoms with E-state index in [9.17, 15) is 21.6 Å². The average molecular weight is 357 g/mol. The monoisotopic (exact) mass is 357 g/mol.